The smallest absolute Gasteiger partial charge is 0.223 e. The average Bonchev–Trinajstić information content (AvgIpc) is 2.90. The minimum Gasteiger partial charge on any atom is -0.392 e. The van der Waals surface area contributed by atoms with E-state index in [9.17, 15) is 4.79 Å². The van der Waals surface area contributed by atoms with Gasteiger partial charge in [-0.25, -0.2) is 0 Å². The van der Waals surface area contributed by atoms with Gasteiger partial charge in [-0.2, -0.15) is 0 Å². The Morgan fingerprint density at radius 3 is 2.44 bits per heavy atom. The van der Waals surface area contributed by atoms with Crippen molar-refractivity contribution in [3.63, 3.8) is 0 Å². The number of carbonyl (C=O) groups excluding carboxylic acids is 1. The van der Waals surface area contributed by atoms with Crippen molar-refractivity contribution < 1.29 is 4.79 Å². The molecule has 0 aromatic heterocycles. The van der Waals surface area contributed by atoms with Gasteiger partial charge < -0.3 is 11.1 Å². The highest BCUT2D eigenvalue weighted by Crippen LogP contribution is 2.51. The van der Waals surface area contributed by atoms with Crippen molar-refractivity contribution >= 4 is 23.1 Å². The molecule has 0 aromatic rings. The molecule has 0 bridgehead atoms. The molecule has 0 aromatic carbocycles. The number of carbonyl (C=O) groups is 1. The molecular formula is C13H23N3OS. The van der Waals surface area contributed by atoms with E-state index in [1.54, 1.807) is 0 Å². The van der Waals surface area contributed by atoms with Crippen LogP contribution in [0, 0.1) is 11.3 Å². The molecule has 102 valence electrons. The Hall–Kier alpha value is -0.680. The summed E-state index contributed by atoms with van der Waals surface area (Å²) in [5.74, 6) is 0.472. The fourth-order valence-electron chi connectivity index (χ4n) is 2.67. The van der Waals surface area contributed by atoms with Crippen molar-refractivity contribution in [3.8, 4) is 0 Å². The third kappa shape index (κ3) is 3.42. The quantitative estimate of drug-likeness (QED) is 0.745. The lowest BCUT2D eigenvalue weighted by molar-refractivity contribution is -0.124. The highest BCUT2D eigenvalue weighted by molar-refractivity contribution is 7.80. The molecule has 2 fully saturated rings. The zero-order valence-electron chi connectivity index (χ0n) is 11.2. The highest BCUT2D eigenvalue weighted by Gasteiger charge is 2.50. The predicted molar refractivity (Wildman–Crippen MR) is 76.3 cm³/mol. The van der Waals surface area contributed by atoms with Crippen LogP contribution in [0.25, 0.3) is 0 Å². The lowest BCUT2D eigenvalue weighted by Crippen LogP contribution is -2.47. The lowest BCUT2D eigenvalue weighted by atomic mass is 10.0. The summed E-state index contributed by atoms with van der Waals surface area (Å²) in [4.78, 5) is 14.8. The number of amides is 1. The first-order chi connectivity index (χ1) is 8.38. The molecule has 1 amide bonds. The monoisotopic (exact) mass is 269 g/mol. The van der Waals surface area contributed by atoms with Gasteiger partial charge in [0.25, 0.3) is 0 Å². The van der Waals surface area contributed by atoms with Crippen LogP contribution in [0.4, 0.5) is 0 Å². The molecule has 1 aliphatic carbocycles. The van der Waals surface area contributed by atoms with E-state index in [0.29, 0.717) is 17.6 Å². The maximum Gasteiger partial charge on any atom is 0.223 e. The van der Waals surface area contributed by atoms with Gasteiger partial charge in [0.1, 0.15) is 0 Å². The van der Waals surface area contributed by atoms with Gasteiger partial charge >= 0.3 is 0 Å². The summed E-state index contributed by atoms with van der Waals surface area (Å²) in [5.41, 5.74) is 5.76. The van der Waals surface area contributed by atoms with Gasteiger partial charge in [0.2, 0.25) is 5.91 Å². The van der Waals surface area contributed by atoms with E-state index in [4.69, 9.17) is 18.0 Å². The Morgan fingerprint density at radius 2 is 2.00 bits per heavy atom. The van der Waals surface area contributed by atoms with Gasteiger partial charge in [0, 0.05) is 31.6 Å². The number of thiocarbonyl (C=S) groups is 1. The molecule has 0 radical (unpaired) electrons. The van der Waals surface area contributed by atoms with Gasteiger partial charge in [-0.05, 0) is 24.7 Å². The summed E-state index contributed by atoms with van der Waals surface area (Å²) in [5, 5.41) is 3.18. The third-order valence-corrected chi connectivity index (χ3v) is 4.27. The molecular weight excluding hydrogens is 246 g/mol. The van der Waals surface area contributed by atoms with Gasteiger partial charge in [0.05, 0.1) is 4.99 Å². The standard InChI is InChI=1S/C13H23N3OS/c1-13(2)7-10(13)12(17)15-9-3-5-16(6-4-9)8-11(14)18/h9-10H,3-8H2,1-2H3,(H2,14,18)(H,15,17). The van der Waals surface area contributed by atoms with Crippen molar-refractivity contribution in [3.05, 3.63) is 0 Å². The minimum absolute atomic E-state index is 0.219. The average molecular weight is 269 g/mol. The first kappa shape index (κ1) is 13.7. The minimum atomic E-state index is 0.219. The molecule has 2 aliphatic rings. The predicted octanol–water partition coefficient (Wildman–Crippen LogP) is 0.899. The van der Waals surface area contributed by atoms with Crippen molar-refractivity contribution in [2.24, 2.45) is 17.1 Å². The van der Waals surface area contributed by atoms with Gasteiger partial charge in [-0.3, -0.25) is 9.69 Å². The number of likely N-dealkylation sites (tertiary alicyclic amines) is 1. The second-order valence-electron chi connectivity index (χ2n) is 6.27. The summed E-state index contributed by atoms with van der Waals surface area (Å²) < 4.78 is 0. The molecule has 18 heavy (non-hydrogen) atoms. The highest BCUT2D eigenvalue weighted by atomic mass is 32.1. The fraction of sp³-hybridized carbons (Fsp3) is 0.846. The summed E-state index contributed by atoms with van der Waals surface area (Å²) >= 11 is 4.91. The third-order valence-electron chi connectivity index (χ3n) is 4.14. The summed E-state index contributed by atoms with van der Waals surface area (Å²) in [7, 11) is 0. The van der Waals surface area contributed by atoms with Crippen LogP contribution in [0.5, 0.6) is 0 Å². The SMILES string of the molecule is CC1(C)CC1C(=O)NC1CCN(CC(N)=S)CC1. The second-order valence-corrected chi connectivity index (χ2v) is 6.79. The Bertz CT molecular complexity index is 348. The number of hydrogen-bond acceptors (Lipinski definition) is 3. The van der Waals surface area contributed by atoms with Crippen LogP contribution < -0.4 is 11.1 Å². The van der Waals surface area contributed by atoms with Crippen molar-refractivity contribution in [1.29, 1.82) is 0 Å². The molecule has 1 aliphatic heterocycles. The molecule has 5 heteroatoms. The molecule has 4 nitrogen and oxygen atoms in total. The number of nitrogens with zero attached hydrogens (tertiary/aromatic N) is 1. The largest absolute Gasteiger partial charge is 0.392 e. The van der Waals surface area contributed by atoms with Crippen LogP contribution in [0.1, 0.15) is 33.1 Å². The summed E-state index contributed by atoms with van der Waals surface area (Å²) in [6.45, 7) is 6.95. The van der Waals surface area contributed by atoms with Crippen LogP contribution in [0.3, 0.4) is 0 Å². The van der Waals surface area contributed by atoms with Gasteiger partial charge in [0.15, 0.2) is 0 Å². The number of piperidine rings is 1. The first-order valence-corrected chi connectivity index (χ1v) is 7.10. The van der Waals surface area contributed by atoms with Crippen molar-refractivity contribution in [2.75, 3.05) is 19.6 Å². The van der Waals surface area contributed by atoms with Gasteiger partial charge in [-0.15, -0.1) is 0 Å². The van der Waals surface area contributed by atoms with Crippen LogP contribution >= 0.6 is 12.2 Å². The maximum absolute atomic E-state index is 12.0. The molecule has 1 saturated heterocycles. The molecule has 1 unspecified atom stereocenters. The molecule has 2 rings (SSSR count). The van der Waals surface area contributed by atoms with Crippen LogP contribution in [-0.4, -0.2) is 41.5 Å². The normalized spacial score (nSPS) is 27.8. The Kier molecular flexibility index (Phi) is 3.92. The van der Waals surface area contributed by atoms with Gasteiger partial charge in [-0.1, -0.05) is 26.1 Å². The Labute approximate surface area is 114 Å². The Balaban J connectivity index is 1.71. The fourth-order valence-corrected chi connectivity index (χ4v) is 2.85. The van der Waals surface area contributed by atoms with E-state index in [2.05, 4.69) is 24.1 Å². The van der Waals surface area contributed by atoms with Crippen molar-refractivity contribution in [1.82, 2.24) is 10.2 Å². The topological polar surface area (TPSA) is 58.4 Å². The molecule has 1 atom stereocenters. The number of nitrogens with one attached hydrogen (secondary N) is 1. The number of nitrogens with two attached hydrogens (primary N) is 1. The van der Waals surface area contributed by atoms with E-state index in [1.165, 1.54) is 0 Å². The van der Waals surface area contributed by atoms with Crippen LogP contribution in [0.15, 0.2) is 0 Å². The molecule has 0 spiro atoms. The Morgan fingerprint density at radius 1 is 1.44 bits per heavy atom. The van der Waals surface area contributed by atoms with E-state index >= 15 is 0 Å². The van der Waals surface area contributed by atoms with E-state index in [-0.39, 0.29) is 17.2 Å². The van der Waals surface area contributed by atoms with Crippen molar-refractivity contribution in [2.45, 2.75) is 39.2 Å². The zero-order valence-corrected chi connectivity index (χ0v) is 12.1. The summed E-state index contributed by atoms with van der Waals surface area (Å²) in [6, 6.07) is 0.330. The first-order valence-electron chi connectivity index (χ1n) is 6.69. The maximum atomic E-state index is 12.0. The second kappa shape index (κ2) is 5.13. The van der Waals surface area contributed by atoms with E-state index in [0.717, 1.165) is 32.4 Å². The van der Waals surface area contributed by atoms with Crippen LogP contribution in [-0.2, 0) is 4.79 Å². The molecule has 1 saturated carbocycles. The lowest BCUT2D eigenvalue weighted by Gasteiger charge is -2.32. The summed E-state index contributed by atoms with van der Waals surface area (Å²) in [6.07, 6.45) is 3.03. The zero-order chi connectivity index (χ0) is 13.3. The number of hydrogen-bond donors (Lipinski definition) is 2. The van der Waals surface area contributed by atoms with Crippen LogP contribution in [0.2, 0.25) is 0 Å². The van der Waals surface area contributed by atoms with E-state index in [1.807, 2.05) is 0 Å². The number of rotatable bonds is 4. The molecule has 3 N–H and O–H groups in total. The van der Waals surface area contributed by atoms with E-state index < -0.39 is 0 Å². The molecule has 1 heterocycles.